The van der Waals surface area contributed by atoms with E-state index in [1.807, 2.05) is 12.1 Å². The van der Waals surface area contributed by atoms with Crippen molar-refractivity contribution in [1.82, 2.24) is 10.2 Å². The molecule has 0 aliphatic heterocycles. The van der Waals surface area contributed by atoms with E-state index in [-0.39, 0.29) is 25.0 Å². The van der Waals surface area contributed by atoms with Crippen molar-refractivity contribution in [2.75, 3.05) is 20.8 Å². The van der Waals surface area contributed by atoms with Gasteiger partial charge in [-0.3, -0.25) is 4.79 Å². The number of ether oxygens (including phenoxy) is 2. The number of rotatable bonds is 8. The van der Waals surface area contributed by atoms with Crippen LogP contribution in [-0.2, 0) is 11.3 Å². The van der Waals surface area contributed by atoms with E-state index in [0.717, 1.165) is 18.4 Å². The van der Waals surface area contributed by atoms with Crippen molar-refractivity contribution in [1.29, 1.82) is 0 Å². The molecule has 0 bridgehead atoms. The molecule has 7 nitrogen and oxygen atoms in total. The Hall–Kier alpha value is -2.44. The first kappa shape index (κ1) is 16.9. The van der Waals surface area contributed by atoms with Crippen LogP contribution < -0.4 is 14.8 Å². The van der Waals surface area contributed by atoms with E-state index in [9.17, 15) is 9.59 Å². The van der Waals surface area contributed by atoms with Crippen LogP contribution in [0, 0.1) is 0 Å². The van der Waals surface area contributed by atoms with Gasteiger partial charge in [0.25, 0.3) is 0 Å². The lowest BCUT2D eigenvalue weighted by atomic mass is 10.1. The van der Waals surface area contributed by atoms with Crippen molar-refractivity contribution in [2.45, 2.75) is 31.8 Å². The van der Waals surface area contributed by atoms with E-state index in [1.165, 1.54) is 0 Å². The van der Waals surface area contributed by atoms with Gasteiger partial charge in [-0.15, -0.1) is 0 Å². The summed E-state index contributed by atoms with van der Waals surface area (Å²) in [5.74, 6) is 0.454. The Morgan fingerprint density at radius 2 is 2.04 bits per heavy atom. The molecule has 0 aromatic heterocycles. The first-order valence-electron chi connectivity index (χ1n) is 7.52. The Balaban J connectivity index is 2.07. The molecular formula is C16H22N2O5. The SMILES string of the molecule is COc1ccc(OC)c(CN(C(=O)NCCC(=O)O)C2CC2)c1. The van der Waals surface area contributed by atoms with Crippen LogP contribution in [0.1, 0.15) is 24.8 Å². The van der Waals surface area contributed by atoms with Crippen molar-refractivity contribution in [3.05, 3.63) is 23.8 Å². The van der Waals surface area contributed by atoms with E-state index in [0.29, 0.717) is 18.0 Å². The molecule has 1 aromatic rings. The summed E-state index contributed by atoms with van der Waals surface area (Å²) in [5, 5.41) is 11.3. The van der Waals surface area contributed by atoms with Gasteiger partial charge in [0, 0.05) is 18.2 Å². The molecule has 0 spiro atoms. The van der Waals surface area contributed by atoms with Gasteiger partial charge < -0.3 is 24.8 Å². The minimum absolute atomic E-state index is 0.0905. The summed E-state index contributed by atoms with van der Waals surface area (Å²) in [6.45, 7) is 0.510. The topological polar surface area (TPSA) is 88.1 Å². The Morgan fingerprint density at radius 1 is 1.30 bits per heavy atom. The van der Waals surface area contributed by atoms with Gasteiger partial charge in [-0.1, -0.05) is 0 Å². The quantitative estimate of drug-likeness (QED) is 0.762. The fourth-order valence-corrected chi connectivity index (χ4v) is 2.32. The van der Waals surface area contributed by atoms with E-state index in [4.69, 9.17) is 14.6 Å². The van der Waals surface area contributed by atoms with Gasteiger partial charge in [0.05, 0.1) is 27.2 Å². The zero-order valence-corrected chi connectivity index (χ0v) is 13.4. The van der Waals surface area contributed by atoms with Crippen LogP contribution in [0.3, 0.4) is 0 Å². The van der Waals surface area contributed by atoms with Crippen LogP contribution in [-0.4, -0.2) is 48.8 Å². The minimum Gasteiger partial charge on any atom is -0.497 e. The largest absolute Gasteiger partial charge is 0.497 e. The van der Waals surface area contributed by atoms with Crippen LogP contribution >= 0.6 is 0 Å². The lowest BCUT2D eigenvalue weighted by Gasteiger charge is -2.24. The zero-order chi connectivity index (χ0) is 16.8. The van der Waals surface area contributed by atoms with E-state index in [1.54, 1.807) is 25.2 Å². The number of nitrogens with one attached hydrogen (secondary N) is 1. The molecule has 126 valence electrons. The molecule has 2 N–H and O–H groups in total. The monoisotopic (exact) mass is 322 g/mol. The second-order valence-electron chi connectivity index (χ2n) is 5.41. The van der Waals surface area contributed by atoms with Crippen LogP contribution in [0.4, 0.5) is 4.79 Å². The summed E-state index contributed by atoms with van der Waals surface area (Å²) < 4.78 is 10.6. The summed E-state index contributed by atoms with van der Waals surface area (Å²) in [4.78, 5) is 24.6. The predicted molar refractivity (Wildman–Crippen MR) is 83.8 cm³/mol. The van der Waals surface area contributed by atoms with Gasteiger partial charge >= 0.3 is 12.0 Å². The molecule has 1 fully saturated rings. The Labute approximate surface area is 135 Å². The summed E-state index contributed by atoms with van der Waals surface area (Å²) in [6.07, 6.45) is 1.82. The van der Waals surface area contributed by atoms with Crippen LogP contribution in [0.2, 0.25) is 0 Å². The van der Waals surface area contributed by atoms with Crippen LogP contribution in [0.25, 0.3) is 0 Å². The van der Waals surface area contributed by atoms with E-state index in [2.05, 4.69) is 5.32 Å². The predicted octanol–water partition coefficient (Wildman–Crippen LogP) is 1.85. The van der Waals surface area contributed by atoms with Gasteiger partial charge in [-0.2, -0.15) is 0 Å². The maximum Gasteiger partial charge on any atom is 0.317 e. The molecule has 2 rings (SSSR count). The van der Waals surface area contributed by atoms with Crippen LogP contribution in [0.5, 0.6) is 11.5 Å². The highest BCUT2D eigenvalue weighted by Gasteiger charge is 2.33. The highest BCUT2D eigenvalue weighted by Crippen LogP contribution is 2.31. The number of hydrogen-bond donors (Lipinski definition) is 2. The first-order chi connectivity index (χ1) is 11.0. The standard InChI is InChI=1S/C16H22N2O5/c1-22-13-5-6-14(23-2)11(9-13)10-18(12-3-4-12)16(21)17-8-7-15(19)20/h5-6,9,12H,3-4,7-8,10H2,1-2H3,(H,17,21)(H,19,20). The summed E-state index contributed by atoms with van der Waals surface area (Å²) in [6, 6.07) is 5.39. The number of urea groups is 1. The lowest BCUT2D eigenvalue weighted by molar-refractivity contribution is -0.136. The molecule has 2 amide bonds. The molecule has 0 radical (unpaired) electrons. The molecular weight excluding hydrogens is 300 g/mol. The van der Waals surface area contributed by atoms with E-state index < -0.39 is 5.97 Å². The lowest BCUT2D eigenvalue weighted by Crippen LogP contribution is -2.41. The maximum absolute atomic E-state index is 12.3. The summed E-state index contributed by atoms with van der Waals surface area (Å²) >= 11 is 0. The van der Waals surface area contributed by atoms with Crippen molar-refractivity contribution in [3.63, 3.8) is 0 Å². The highest BCUT2D eigenvalue weighted by molar-refractivity contribution is 5.76. The molecule has 1 aromatic carbocycles. The fourth-order valence-electron chi connectivity index (χ4n) is 2.32. The molecule has 0 atom stereocenters. The average Bonchev–Trinajstić information content (AvgIpc) is 3.36. The van der Waals surface area contributed by atoms with Gasteiger partial charge in [0.15, 0.2) is 0 Å². The molecule has 1 aliphatic rings. The summed E-state index contributed by atoms with van der Waals surface area (Å²) in [5.41, 5.74) is 0.854. The Morgan fingerprint density at radius 3 is 2.61 bits per heavy atom. The third-order valence-electron chi connectivity index (χ3n) is 3.69. The Bertz CT molecular complexity index is 572. The number of carboxylic acid groups (broad SMARTS) is 1. The van der Waals surface area contributed by atoms with Crippen LogP contribution in [0.15, 0.2) is 18.2 Å². The van der Waals surface area contributed by atoms with Crippen molar-refractivity contribution in [3.8, 4) is 11.5 Å². The van der Waals surface area contributed by atoms with Crippen molar-refractivity contribution >= 4 is 12.0 Å². The smallest absolute Gasteiger partial charge is 0.317 e. The number of carbonyl (C=O) groups is 2. The first-order valence-corrected chi connectivity index (χ1v) is 7.52. The number of carbonyl (C=O) groups excluding carboxylic acids is 1. The van der Waals surface area contributed by atoms with Gasteiger partial charge in [-0.25, -0.2) is 4.79 Å². The average molecular weight is 322 g/mol. The third-order valence-corrected chi connectivity index (χ3v) is 3.69. The number of amides is 2. The second-order valence-corrected chi connectivity index (χ2v) is 5.41. The second kappa shape index (κ2) is 7.71. The third kappa shape index (κ3) is 4.77. The number of hydrogen-bond acceptors (Lipinski definition) is 4. The molecule has 0 saturated heterocycles. The maximum atomic E-state index is 12.3. The number of aliphatic carboxylic acids is 1. The minimum atomic E-state index is -0.933. The number of benzene rings is 1. The number of carboxylic acids is 1. The van der Waals surface area contributed by atoms with Gasteiger partial charge in [-0.05, 0) is 31.0 Å². The normalized spacial score (nSPS) is 13.3. The van der Waals surface area contributed by atoms with E-state index >= 15 is 0 Å². The van der Waals surface area contributed by atoms with Gasteiger partial charge in [0.2, 0.25) is 0 Å². The summed E-state index contributed by atoms with van der Waals surface area (Å²) in [7, 11) is 3.17. The van der Waals surface area contributed by atoms with Gasteiger partial charge in [0.1, 0.15) is 11.5 Å². The van der Waals surface area contributed by atoms with Crippen molar-refractivity contribution in [2.24, 2.45) is 0 Å². The highest BCUT2D eigenvalue weighted by atomic mass is 16.5. The number of nitrogens with zero attached hydrogens (tertiary/aromatic N) is 1. The molecule has 7 heteroatoms. The molecule has 23 heavy (non-hydrogen) atoms. The molecule has 0 heterocycles. The molecule has 1 aliphatic carbocycles. The van der Waals surface area contributed by atoms with Crippen molar-refractivity contribution < 1.29 is 24.2 Å². The zero-order valence-electron chi connectivity index (χ0n) is 13.4. The number of methoxy groups -OCH3 is 2. The molecule has 1 saturated carbocycles. The fraction of sp³-hybridized carbons (Fsp3) is 0.500. The Kier molecular flexibility index (Phi) is 5.67. The molecule has 0 unspecified atom stereocenters.